The van der Waals surface area contributed by atoms with Gasteiger partial charge in [-0.3, -0.25) is 4.68 Å². The summed E-state index contributed by atoms with van der Waals surface area (Å²) in [5, 5.41) is 4.73. The van der Waals surface area contributed by atoms with Crippen LogP contribution in [0, 0.1) is 0 Å². The van der Waals surface area contributed by atoms with E-state index in [4.69, 9.17) is 20.3 Å². The van der Waals surface area contributed by atoms with Gasteiger partial charge < -0.3 is 15.2 Å². The number of nitrogens with two attached hydrogens (primary N) is 1. The fraction of sp³-hybridized carbons (Fsp3) is 0.500. The summed E-state index contributed by atoms with van der Waals surface area (Å²) in [4.78, 5) is 3.99. The molecule has 2 fully saturated rings. The maximum atomic E-state index is 6.02. The van der Waals surface area contributed by atoms with Crippen LogP contribution in [0.3, 0.4) is 0 Å². The van der Waals surface area contributed by atoms with Gasteiger partial charge in [0.15, 0.2) is 5.75 Å². The molecule has 4 rings (SSSR count). The van der Waals surface area contributed by atoms with Gasteiger partial charge in [0.05, 0.1) is 12.2 Å². The fourth-order valence-corrected chi connectivity index (χ4v) is 2.79. The summed E-state index contributed by atoms with van der Waals surface area (Å²) in [7, 11) is 0. The molecule has 2 N–H and O–H groups in total. The molecule has 1 unspecified atom stereocenters. The van der Waals surface area contributed by atoms with Crippen molar-refractivity contribution in [2.24, 2.45) is 0 Å². The van der Waals surface area contributed by atoms with Crippen LogP contribution in [0.5, 0.6) is 11.5 Å². The van der Waals surface area contributed by atoms with Gasteiger partial charge in [-0.1, -0.05) is 0 Å². The highest BCUT2D eigenvalue weighted by atomic mass is 16.5. The van der Waals surface area contributed by atoms with E-state index in [0.717, 1.165) is 30.9 Å². The molecule has 1 aliphatic carbocycles. The van der Waals surface area contributed by atoms with E-state index in [1.54, 1.807) is 18.3 Å². The zero-order valence-electron chi connectivity index (χ0n) is 12.4. The lowest BCUT2D eigenvalue weighted by atomic mass is 10.1. The summed E-state index contributed by atoms with van der Waals surface area (Å²) in [6, 6.07) is 4.04. The number of anilines is 1. The van der Waals surface area contributed by atoms with Crippen LogP contribution in [-0.2, 0) is 4.74 Å². The Kier molecular flexibility index (Phi) is 3.46. The van der Waals surface area contributed by atoms with Gasteiger partial charge in [0.1, 0.15) is 23.4 Å². The highest BCUT2D eigenvalue weighted by Gasteiger charge is 2.30. The van der Waals surface area contributed by atoms with Crippen molar-refractivity contribution in [3.05, 3.63) is 30.2 Å². The molecule has 2 aliphatic rings. The van der Waals surface area contributed by atoms with Gasteiger partial charge in [-0.2, -0.15) is 5.10 Å². The maximum Gasteiger partial charge on any atom is 0.171 e. The number of ether oxygens (including phenoxy) is 2. The van der Waals surface area contributed by atoms with Crippen LogP contribution in [0.4, 0.5) is 5.82 Å². The summed E-state index contributed by atoms with van der Waals surface area (Å²) in [6.07, 6.45) is 9.33. The van der Waals surface area contributed by atoms with Crippen molar-refractivity contribution in [3.63, 3.8) is 0 Å². The lowest BCUT2D eigenvalue weighted by Crippen LogP contribution is -2.13. The van der Waals surface area contributed by atoms with Crippen molar-refractivity contribution >= 4 is 5.82 Å². The van der Waals surface area contributed by atoms with E-state index in [1.807, 2.05) is 10.9 Å². The molecule has 1 aliphatic heterocycles. The molecule has 116 valence electrons. The molecule has 1 saturated carbocycles. The molecule has 6 heteroatoms. The molecule has 6 nitrogen and oxygen atoms in total. The average molecular weight is 300 g/mol. The third-order valence-corrected chi connectivity index (χ3v) is 4.11. The van der Waals surface area contributed by atoms with Crippen molar-refractivity contribution in [1.29, 1.82) is 0 Å². The maximum absolute atomic E-state index is 6.02. The van der Waals surface area contributed by atoms with Gasteiger partial charge >= 0.3 is 0 Å². The quantitative estimate of drug-likeness (QED) is 0.938. The van der Waals surface area contributed by atoms with Gasteiger partial charge in [0.25, 0.3) is 0 Å². The normalized spacial score (nSPS) is 21.7. The fourth-order valence-electron chi connectivity index (χ4n) is 2.79. The van der Waals surface area contributed by atoms with Crippen LogP contribution >= 0.6 is 0 Å². The van der Waals surface area contributed by atoms with E-state index in [0.29, 0.717) is 17.6 Å². The van der Waals surface area contributed by atoms with Crippen LogP contribution in [0.15, 0.2) is 24.5 Å². The number of hydrogen-bond acceptors (Lipinski definition) is 5. The average Bonchev–Trinajstić information content (AvgIpc) is 3.30. The molecule has 0 aromatic carbocycles. The summed E-state index contributed by atoms with van der Waals surface area (Å²) in [5.74, 6) is 1.90. The Labute approximate surface area is 129 Å². The lowest BCUT2D eigenvalue weighted by molar-refractivity contribution is 0.0109. The monoisotopic (exact) mass is 300 g/mol. The topological polar surface area (TPSA) is 75.2 Å². The first-order valence-corrected chi connectivity index (χ1v) is 7.89. The van der Waals surface area contributed by atoms with Crippen molar-refractivity contribution in [2.75, 3.05) is 12.3 Å². The van der Waals surface area contributed by atoms with Crippen molar-refractivity contribution in [2.45, 2.75) is 44.2 Å². The van der Waals surface area contributed by atoms with Crippen LogP contribution in [0.1, 0.15) is 49.9 Å². The Morgan fingerprint density at radius 2 is 2.18 bits per heavy atom. The Morgan fingerprint density at radius 3 is 2.91 bits per heavy atom. The summed E-state index contributed by atoms with van der Waals surface area (Å²) in [6.45, 7) is 0.794. The van der Waals surface area contributed by atoms with Gasteiger partial charge in [-0.25, -0.2) is 4.98 Å². The molecule has 0 spiro atoms. The molecule has 2 aromatic rings. The van der Waals surface area contributed by atoms with E-state index >= 15 is 0 Å². The smallest absolute Gasteiger partial charge is 0.171 e. The molecule has 22 heavy (non-hydrogen) atoms. The minimum atomic E-state index is 0.0305. The number of nitrogens with zero attached hydrogens (tertiary/aromatic N) is 3. The van der Waals surface area contributed by atoms with E-state index in [1.165, 1.54) is 19.3 Å². The summed E-state index contributed by atoms with van der Waals surface area (Å²) in [5.41, 5.74) is 6.62. The first-order chi connectivity index (χ1) is 10.8. The Balaban J connectivity index is 1.63. The molecular weight excluding hydrogens is 280 g/mol. The van der Waals surface area contributed by atoms with Crippen LogP contribution in [-0.4, -0.2) is 21.4 Å². The van der Waals surface area contributed by atoms with E-state index in [-0.39, 0.29) is 6.10 Å². The zero-order chi connectivity index (χ0) is 14.9. The van der Waals surface area contributed by atoms with Crippen molar-refractivity contribution < 1.29 is 9.47 Å². The highest BCUT2D eigenvalue weighted by Crippen LogP contribution is 2.40. The zero-order valence-corrected chi connectivity index (χ0v) is 12.4. The molecule has 2 aromatic heterocycles. The third-order valence-electron chi connectivity index (χ3n) is 4.11. The number of pyridine rings is 1. The molecule has 0 bridgehead atoms. The largest absolute Gasteiger partial charge is 0.453 e. The van der Waals surface area contributed by atoms with Crippen molar-refractivity contribution in [1.82, 2.24) is 14.8 Å². The van der Waals surface area contributed by atoms with Gasteiger partial charge in [0.2, 0.25) is 0 Å². The van der Waals surface area contributed by atoms with Gasteiger partial charge in [-0.05, 0) is 38.2 Å². The SMILES string of the molecule is Nc1cc(Oc2cn(C3CC3)nc2C2CCCCO2)ccn1. The Hall–Kier alpha value is -2.08. The summed E-state index contributed by atoms with van der Waals surface area (Å²) < 4.78 is 13.9. The van der Waals surface area contributed by atoms with Gasteiger partial charge in [-0.15, -0.1) is 0 Å². The third kappa shape index (κ3) is 2.78. The van der Waals surface area contributed by atoms with E-state index in [2.05, 4.69) is 4.98 Å². The Bertz CT molecular complexity index is 660. The standard InChI is InChI=1S/C16H20N4O2/c17-15-9-12(6-7-18-15)22-14-10-20(11-4-5-11)19-16(14)13-3-1-2-8-21-13/h6-7,9-11,13H,1-5,8H2,(H2,17,18). The second-order valence-electron chi connectivity index (χ2n) is 5.96. The number of nitrogen functional groups attached to an aromatic ring is 1. The second-order valence-corrected chi connectivity index (χ2v) is 5.96. The highest BCUT2D eigenvalue weighted by molar-refractivity contribution is 5.40. The van der Waals surface area contributed by atoms with E-state index < -0.39 is 0 Å². The lowest BCUT2D eigenvalue weighted by Gasteiger charge is -2.21. The molecular formula is C16H20N4O2. The first kappa shape index (κ1) is 13.6. The predicted molar refractivity (Wildman–Crippen MR) is 81.8 cm³/mol. The van der Waals surface area contributed by atoms with Crippen LogP contribution in [0.25, 0.3) is 0 Å². The molecule has 1 saturated heterocycles. The Morgan fingerprint density at radius 1 is 1.27 bits per heavy atom. The van der Waals surface area contributed by atoms with Crippen LogP contribution in [0.2, 0.25) is 0 Å². The van der Waals surface area contributed by atoms with Gasteiger partial charge in [0, 0.05) is 18.9 Å². The molecule has 1 atom stereocenters. The minimum absolute atomic E-state index is 0.0305. The number of hydrogen-bond donors (Lipinski definition) is 1. The summed E-state index contributed by atoms with van der Waals surface area (Å²) >= 11 is 0. The molecule has 0 radical (unpaired) electrons. The van der Waals surface area contributed by atoms with Crippen LogP contribution < -0.4 is 10.5 Å². The molecule has 0 amide bonds. The predicted octanol–water partition coefficient (Wildman–Crippen LogP) is 3.23. The first-order valence-electron chi connectivity index (χ1n) is 7.89. The van der Waals surface area contributed by atoms with Crippen molar-refractivity contribution in [3.8, 4) is 11.5 Å². The number of rotatable bonds is 4. The second kappa shape index (κ2) is 5.61. The molecule has 3 heterocycles. The minimum Gasteiger partial charge on any atom is -0.453 e. The number of aromatic nitrogens is 3. The van der Waals surface area contributed by atoms with E-state index in [9.17, 15) is 0 Å².